The Balaban J connectivity index is 1.87. The van der Waals surface area contributed by atoms with Gasteiger partial charge in [0.05, 0.1) is 30.8 Å². The first kappa shape index (κ1) is 18.2. The topological polar surface area (TPSA) is 117 Å². The van der Waals surface area contributed by atoms with Crippen molar-refractivity contribution in [2.24, 2.45) is 0 Å². The largest absolute Gasteiger partial charge is 0.490 e. The molecule has 0 bridgehead atoms. The SMILES string of the molecule is COC(=O)c1cc(C(=O)Nc2ccc3c(c2)OCCCO3)cc([N+](=O)[O-])c1. The van der Waals surface area contributed by atoms with Crippen molar-refractivity contribution in [1.82, 2.24) is 0 Å². The van der Waals surface area contributed by atoms with Gasteiger partial charge in [0, 0.05) is 35.9 Å². The summed E-state index contributed by atoms with van der Waals surface area (Å²) in [6.45, 7) is 1.04. The van der Waals surface area contributed by atoms with Crippen LogP contribution in [0.15, 0.2) is 36.4 Å². The van der Waals surface area contributed by atoms with E-state index in [0.29, 0.717) is 30.4 Å². The maximum Gasteiger partial charge on any atom is 0.338 e. The molecule has 9 heteroatoms. The molecule has 0 atom stereocenters. The van der Waals surface area contributed by atoms with E-state index in [4.69, 9.17) is 9.47 Å². The summed E-state index contributed by atoms with van der Waals surface area (Å²) >= 11 is 0. The number of nitrogens with one attached hydrogen (secondary N) is 1. The van der Waals surface area contributed by atoms with Crippen molar-refractivity contribution in [3.05, 3.63) is 57.6 Å². The number of nitro benzene ring substituents is 1. The second kappa shape index (κ2) is 7.73. The third kappa shape index (κ3) is 4.14. The Bertz CT molecular complexity index is 911. The van der Waals surface area contributed by atoms with Crippen LogP contribution in [0.25, 0.3) is 0 Å². The number of nitro groups is 1. The van der Waals surface area contributed by atoms with Gasteiger partial charge in [-0.2, -0.15) is 0 Å². The van der Waals surface area contributed by atoms with Crippen LogP contribution in [0.3, 0.4) is 0 Å². The molecule has 1 amide bonds. The number of carbonyl (C=O) groups is 2. The zero-order valence-electron chi connectivity index (χ0n) is 14.4. The van der Waals surface area contributed by atoms with Crippen molar-refractivity contribution in [3.63, 3.8) is 0 Å². The van der Waals surface area contributed by atoms with Crippen molar-refractivity contribution >= 4 is 23.3 Å². The molecule has 0 unspecified atom stereocenters. The Morgan fingerprint density at radius 1 is 1.07 bits per heavy atom. The number of fused-ring (bicyclic) bond motifs is 1. The Morgan fingerprint density at radius 3 is 2.48 bits per heavy atom. The zero-order valence-corrected chi connectivity index (χ0v) is 14.4. The van der Waals surface area contributed by atoms with Gasteiger partial charge in [0.1, 0.15) is 0 Å². The Hall–Kier alpha value is -3.62. The van der Waals surface area contributed by atoms with Gasteiger partial charge >= 0.3 is 5.97 Å². The minimum atomic E-state index is -0.775. The van der Waals surface area contributed by atoms with Crippen LogP contribution < -0.4 is 14.8 Å². The molecule has 27 heavy (non-hydrogen) atoms. The molecule has 140 valence electrons. The number of hydrogen-bond donors (Lipinski definition) is 1. The highest BCUT2D eigenvalue weighted by atomic mass is 16.6. The summed E-state index contributed by atoms with van der Waals surface area (Å²) in [5.41, 5.74) is -0.0932. The predicted molar refractivity (Wildman–Crippen MR) is 94.4 cm³/mol. The van der Waals surface area contributed by atoms with Gasteiger partial charge in [-0.1, -0.05) is 0 Å². The summed E-state index contributed by atoms with van der Waals surface area (Å²) in [4.78, 5) is 34.6. The van der Waals surface area contributed by atoms with Crippen molar-refractivity contribution < 1.29 is 28.7 Å². The third-order valence-corrected chi connectivity index (χ3v) is 3.82. The minimum Gasteiger partial charge on any atom is -0.490 e. The van der Waals surface area contributed by atoms with Crippen molar-refractivity contribution in [2.75, 3.05) is 25.6 Å². The molecule has 2 aromatic carbocycles. The fraction of sp³-hybridized carbons (Fsp3) is 0.222. The number of methoxy groups -OCH3 is 1. The highest BCUT2D eigenvalue weighted by Gasteiger charge is 2.19. The molecule has 0 aromatic heterocycles. The standard InChI is InChI=1S/C18H16N2O7/c1-25-18(22)12-7-11(8-14(9-12)20(23)24)17(21)19-13-3-4-15-16(10-13)27-6-2-5-26-15/h3-4,7-10H,2,5-6H2,1H3,(H,19,21). The van der Waals surface area contributed by atoms with Crippen LogP contribution in [0.2, 0.25) is 0 Å². The quantitative estimate of drug-likeness (QED) is 0.498. The Labute approximate surface area is 154 Å². The molecule has 0 aliphatic carbocycles. The molecule has 1 aliphatic heterocycles. The highest BCUT2D eigenvalue weighted by Crippen LogP contribution is 2.32. The van der Waals surface area contributed by atoms with E-state index in [2.05, 4.69) is 10.1 Å². The van der Waals surface area contributed by atoms with E-state index < -0.39 is 16.8 Å². The number of non-ortho nitro benzene ring substituents is 1. The maximum atomic E-state index is 12.5. The van der Waals surface area contributed by atoms with Crippen LogP contribution in [-0.4, -0.2) is 37.1 Å². The van der Waals surface area contributed by atoms with Crippen LogP contribution in [0.4, 0.5) is 11.4 Å². The molecular formula is C18H16N2O7. The van der Waals surface area contributed by atoms with E-state index in [1.807, 2.05) is 0 Å². The fourth-order valence-corrected chi connectivity index (χ4v) is 2.53. The average molecular weight is 372 g/mol. The first-order chi connectivity index (χ1) is 13.0. The van der Waals surface area contributed by atoms with E-state index >= 15 is 0 Å². The van der Waals surface area contributed by atoms with Crippen molar-refractivity contribution in [2.45, 2.75) is 6.42 Å². The third-order valence-electron chi connectivity index (χ3n) is 3.82. The molecule has 1 aliphatic rings. The number of hydrogen-bond acceptors (Lipinski definition) is 7. The smallest absolute Gasteiger partial charge is 0.338 e. The molecule has 0 saturated heterocycles. The molecule has 0 radical (unpaired) electrons. The Morgan fingerprint density at radius 2 is 1.78 bits per heavy atom. The molecule has 0 fully saturated rings. The lowest BCUT2D eigenvalue weighted by atomic mass is 10.1. The minimum absolute atomic E-state index is 0.0447. The van der Waals surface area contributed by atoms with E-state index in [1.54, 1.807) is 18.2 Å². The molecule has 2 aromatic rings. The number of carbonyl (C=O) groups excluding carboxylic acids is 2. The first-order valence-electron chi connectivity index (χ1n) is 8.07. The maximum absolute atomic E-state index is 12.5. The lowest BCUT2D eigenvalue weighted by Crippen LogP contribution is -2.14. The summed E-state index contributed by atoms with van der Waals surface area (Å²) in [6, 6.07) is 8.28. The summed E-state index contributed by atoms with van der Waals surface area (Å²) in [6.07, 6.45) is 0.750. The zero-order chi connectivity index (χ0) is 19.4. The molecular weight excluding hydrogens is 356 g/mol. The van der Waals surface area contributed by atoms with Gasteiger partial charge < -0.3 is 19.5 Å². The normalized spacial score (nSPS) is 12.6. The second-order valence-electron chi connectivity index (χ2n) is 5.68. The van der Waals surface area contributed by atoms with Gasteiger partial charge in [-0.3, -0.25) is 14.9 Å². The van der Waals surface area contributed by atoms with E-state index in [1.165, 1.54) is 6.07 Å². The number of rotatable bonds is 4. The van der Waals surface area contributed by atoms with Crippen LogP contribution in [-0.2, 0) is 4.74 Å². The van der Waals surface area contributed by atoms with Gasteiger partial charge in [0.25, 0.3) is 11.6 Å². The van der Waals surface area contributed by atoms with Crippen LogP contribution >= 0.6 is 0 Å². The van der Waals surface area contributed by atoms with Gasteiger partial charge in [-0.15, -0.1) is 0 Å². The summed E-state index contributed by atoms with van der Waals surface area (Å²) in [5.74, 6) is -0.310. The summed E-state index contributed by atoms with van der Waals surface area (Å²) < 4.78 is 15.7. The van der Waals surface area contributed by atoms with E-state index in [-0.39, 0.29) is 16.8 Å². The number of anilines is 1. The predicted octanol–water partition coefficient (Wildman–Crippen LogP) is 2.80. The summed E-state index contributed by atoms with van der Waals surface area (Å²) in [7, 11) is 1.15. The van der Waals surface area contributed by atoms with Crippen LogP contribution in [0, 0.1) is 10.1 Å². The monoisotopic (exact) mass is 372 g/mol. The fourth-order valence-electron chi connectivity index (χ4n) is 2.53. The average Bonchev–Trinajstić information content (AvgIpc) is 2.91. The lowest BCUT2D eigenvalue weighted by molar-refractivity contribution is -0.384. The molecule has 9 nitrogen and oxygen atoms in total. The van der Waals surface area contributed by atoms with E-state index in [0.717, 1.165) is 25.7 Å². The molecule has 0 spiro atoms. The Kier molecular flexibility index (Phi) is 5.20. The molecule has 0 saturated carbocycles. The first-order valence-corrected chi connectivity index (χ1v) is 8.07. The van der Waals surface area contributed by atoms with Crippen molar-refractivity contribution in [1.29, 1.82) is 0 Å². The van der Waals surface area contributed by atoms with Crippen LogP contribution in [0.1, 0.15) is 27.1 Å². The van der Waals surface area contributed by atoms with Gasteiger partial charge in [-0.25, -0.2) is 4.79 Å². The number of esters is 1. The van der Waals surface area contributed by atoms with Gasteiger partial charge in [0.15, 0.2) is 11.5 Å². The molecule has 1 N–H and O–H groups in total. The molecule has 1 heterocycles. The van der Waals surface area contributed by atoms with Gasteiger partial charge in [0.2, 0.25) is 0 Å². The van der Waals surface area contributed by atoms with E-state index in [9.17, 15) is 19.7 Å². The number of amides is 1. The number of benzene rings is 2. The summed E-state index contributed by atoms with van der Waals surface area (Å²) in [5, 5.41) is 13.7. The van der Waals surface area contributed by atoms with Gasteiger partial charge in [-0.05, 0) is 18.2 Å². The molecule has 3 rings (SSSR count). The number of nitrogens with zero attached hydrogens (tertiary/aromatic N) is 1. The highest BCUT2D eigenvalue weighted by molar-refractivity contribution is 6.06. The second-order valence-corrected chi connectivity index (χ2v) is 5.68. The lowest BCUT2D eigenvalue weighted by Gasteiger charge is -2.11. The number of ether oxygens (including phenoxy) is 3. The van der Waals surface area contributed by atoms with Crippen molar-refractivity contribution in [3.8, 4) is 11.5 Å². The van der Waals surface area contributed by atoms with Crippen LogP contribution in [0.5, 0.6) is 11.5 Å².